The van der Waals surface area contributed by atoms with E-state index in [9.17, 15) is 4.55 Å². The van der Waals surface area contributed by atoms with Crippen molar-refractivity contribution in [3.8, 4) is 6.19 Å². The van der Waals surface area contributed by atoms with Gasteiger partial charge in [0, 0.05) is 18.0 Å². The highest BCUT2D eigenvalue weighted by Gasteiger charge is 2.05. The lowest BCUT2D eigenvalue weighted by atomic mass is 10.3. The smallest absolute Gasteiger partial charge is 0.306 e. The van der Waals surface area contributed by atoms with E-state index in [1.807, 2.05) is 6.19 Å². The molecule has 0 spiro atoms. The second kappa shape index (κ2) is 5.05. The molecule has 1 aromatic heterocycles. The SMILES string of the molecule is CS(O)=[N+](C#N)Cc1ccc(Cl)nc1. The van der Waals surface area contributed by atoms with E-state index in [4.69, 9.17) is 16.9 Å². The van der Waals surface area contributed by atoms with Gasteiger partial charge in [-0.3, -0.25) is 0 Å². The average Bonchev–Trinajstić information content (AvgIpc) is 2.16. The summed E-state index contributed by atoms with van der Waals surface area (Å²) in [6.07, 6.45) is 5.04. The molecular weight excluding hydrogens is 222 g/mol. The molecule has 0 saturated carbocycles. The predicted molar refractivity (Wildman–Crippen MR) is 54.7 cm³/mol. The highest BCUT2D eigenvalue weighted by atomic mass is 35.5. The van der Waals surface area contributed by atoms with Gasteiger partial charge in [0.15, 0.2) is 5.26 Å². The zero-order chi connectivity index (χ0) is 10.6. The lowest BCUT2D eigenvalue weighted by Gasteiger charge is -1.98. The summed E-state index contributed by atoms with van der Waals surface area (Å²) in [5, 5.41) is 9.10. The molecule has 1 rings (SSSR count). The quantitative estimate of drug-likeness (QED) is 0.364. The Kier molecular flexibility index (Phi) is 4.01. The first-order chi connectivity index (χ1) is 6.63. The van der Waals surface area contributed by atoms with Crippen LogP contribution in [0.1, 0.15) is 5.56 Å². The van der Waals surface area contributed by atoms with Crippen molar-refractivity contribution in [2.75, 3.05) is 6.26 Å². The normalized spacial score (nSPS) is 13.1. The average molecular weight is 231 g/mol. The van der Waals surface area contributed by atoms with Crippen molar-refractivity contribution in [3.05, 3.63) is 29.0 Å². The van der Waals surface area contributed by atoms with Crippen LogP contribution in [0.3, 0.4) is 0 Å². The van der Waals surface area contributed by atoms with Gasteiger partial charge >= 0.3 is 6.19 Å². The van der Waals surface area contributed by atoms with Crippen molar-refractivity contribution in [2.24, 2.45) is 0 Å². The highest BCUT2D eigenvalue weighted by molar-refractivity contribution is 7.78. The summed E-state index contributed by atoms with van der Waals surface area (Å²) in [4.78, 5) is 3.88. The van der Waals surface area contributed by atoms with Gasteiger partial charge in [-0.2, -0.15) is 0 Å². The van der Waals surface area contributed by atoms with Gasteiger partial charge in [-0.25, -0.2) is 4.98 Å². The summed E-state index contributed by atoms with van der Waals surface area (Å²) >= 11 is 5.61. The van der Waals surface area contributed by atoms with Crippen LogP contribution < -0.4 is 0 Å². The molecule has 14 heavy (non-hydrogen) atoms. The largest absolute Gasteiger partial charge is 0.467 e. The Morgan fingerprint density at radius 3 is 2.86 bits per heavy atom. The molecule has 0 radical (unpaired) electrons. The fourth-order valence-electron chi connectivity index (χ4n) is 0.854. The number of aromatic nitrogens is 1. The zero-order valence-electron chi connectivity index (χ0n) is 7.51. The second-order valence-corrected chi connectivity index (χ2v) is 4.29. The Labute approximate surface area is 89.7 Å². The van der Waals surface area contributed by atoms with Crippen molar-refractivity contribution in [3.63, 3.8) is 0 Å². The number of nitriles is 1. The zero-order valence-corrected chi connectivity index (χ0v) is 9.09. The summed E-state index contributed by atoms with van der Waals surface area (Å²) < 4.78 is 10.5. The Morgan fingerprint density at radius 2 is 2.43 bits per heavy atom. The van der Waals surface area contributed by atoms with Crippen LogP contribution in [0.5, 0.6) is 0 Å². The molecule has 1 unspecified atom stereocenters. The van der Waals surface area contributed by atoms with E-state index < -0.39 is 11.0 Å². The Balaban J connectivity index is 2.85. The van der Waals surface area contributed by atoms with E-state index in [1.54, 1.807) is 24.6 Å². The number of hydrogen-bond acceptors (Lipinski definition) is 2. The fraction of sp³-hybridized carbons (Fsp3) is 0.250. The van der Waals surface area contributed by atoms with Crippen LogP contribution in [0.15, 0.2) is 18.3 Å². The van der Waals surface area contributed by atoms with E-state index >= 15 is 0 Å². The number of halogens is 1. The molecular formula is C8H9ClN3OS+. The van der Waals surface area contributed by atoms with Gasteiger partial charge in [0.25, 0.3) is 0 Å². The molecule has 74 valence electrons. The third-order valence-corrected chi connectivity index (χ3v) is 2.62. The molecule has 0 aliphatic carbocycles. The summed E-state index contributed by atoms with van der Waals surface area (Å²) in [5.74, 6) is 0. The van der Waals surface area contributed by atoms with Crippen molar-refractivity contribution in [1.82, 2.24) is 4.98 Å². The molecule has 1 heterocycles. The third kappa shape index (κ3) is 3.07. The predicted octanol–water partition coefficient (Wildman–Crippen LogP) is 1.63. The van der Waals surface area contributed by atoms with Gasteiger partial charge in [-0.1, -0.05) is 17.7 Å². The van der Waals surface area contributed by atoms with Crippen LogP contribution in [-0.4, -0.2) is 19.7 Å². The molecule has 4 nitrogen and oxygen atoms in total. The maximum absolute atomic E-state index is 9.21. The number of rotatable bonds is 2. The van der Waals surface area contributed by atoms with Crippen LogP contribution in [0.2, 0.25) is 5.15 Å². The molecule has 0 aromatic carbocycles. The van der Waals surface area contributed by atoms with Crippen LogP contribution in [0.4, 0.5) is 0 Å². The van der Waals surface area contributed by atoms with Crippen molar-refractivity contribution in [2.45, 2.75) is 6.54 Å². The van der Waals surface area contributed by atoms with Gasteiger partial charge in [0.1, 0.15) is 22.7 Å². The lowest BCUT2D eigenvalue weighted by molar-refractivity contribution is -0.433. The summed E-state index contributed by atoms with van der Waals surface area (Å²) in [6, 6.07) is 3.42. The maximum atomic E-state index is 9.21. The summed E-state index contributed by atoms with van der Waals surface area (Å²) in [5.41, 5.74) is 0.837. The van der Waals surface area contributed by atoms with Gasteiger partial charge in [-0.05, 0) is 6.07 Å². The summed E-state index contributed by atoms with van der Waals surface area (Å²) in [7, 11) is -1.05. The molecule has 0 aliphatic rings. The first kappa shape index (κ1) is 11.1. The molecule has 0 aliphatic heterocycles. The third-order valence-electron chi connectivity index (χ3n) is 1.55. The number of nitrogens with zero attached hydrogens (tertiary/aromatic N) is 3. The minimum absolute atomic E-state index is 0.344. The van der Waals surface area contributed by atoms with Crippen molar-refractivity contribution in [1.29, 1.82) is 5.26 Å². The Morgan fingerprint density at radius 1 is 1.71 bits per heavy atom. The molecule has 0 saturated heterocycles. The van der Waals surface area contributed by atoms with Crippen LogP contribution in [0.25, 0.3) is 0 Å². The monoisotopic (exact) mass is 230 g/mol. The molecule has 1 aromatic rings. The molecule has 1 atom stereocenters. The summed E-state index contributed by atoms with van der Waals surface area (Å²) in [6.45, 7) is 0.344. The second-order valence-electron chi connectivity index (χ2n) is 2.57. The Hall–Kier alpha value is -0.960. The minimum Gasteiger partial charge on any atom is -0.306 e. The lowest BCUT2D eigenvalue weighted by Crippen LogP contribution is -2.09. The fourth-order valence-corrected chi connectivity index (χ4v) is 1.42. The van der Waals surface area contributed by atoms with Crippen LogP contribution in [0, 0.1) is 11.5 Å². The topological polar surface area (TPSA) is 59.9 Å². The van der Waals surface area contributed by atoms with E-state index in [1.165, 1.54) is 3.95 Å². The van der Waals surface area contributed by atoms with Crippen LogP contribution >= 0.6 is 11.6 Å². The first-order valence-corrected chi connectivity index (χ1v) is 5.69. The highest BCUT2D eigenvalue weighted by Crippen LogP contribution is 2.06. The molecule has 0 bridgehead atoms. The molecule has 6 heteroatoms. The van der Waals surface area contributed by atoms with Gasteiger partial charge in [0.2, 0.25) is 0 Å². The van der Waals surface area contributed by atoms with E-state index in [-0.39, 0.29) is 0 Å². The van der Waals surface area contributed by atoms with E-state index in [0.717, 1.165) is 5.56 Å². The van der Waals surface area contributed by atoms with Crippen molar-refractivity contribution >= 4 is 22.6 Å². The number of pyridine rings is 1. The van der Waals surface area contributed by atoms with E-state index in [2.05, 4.69) is 4.98 Å². The standard InChI is InChI=1S/C8H8ClN3OS/c1-14(13)12(6-10)5-7-2-3-8(9)11-4-7/h2-4H,5H2,1H3/p+1. The van der Waals surface area contributed by atoms with E-state index in [0.29, 0.717) is 11.7 Å². The van der Waals surface area contributed by atoms with Gasteiger partial charge < -0.3 is 4.55 Å². The molecule has 1 N–H and O–H groups in total. The maximum Gasteiger partial charge on any atom is 0.467 e. The van der Waals surface area contributed by atoms with Crippen LogP contribution in [-0.2, 0) is 17.5 Å². The molecule has 0 amide bonds. The molecule has 0 fully saturated rings. The Bertz CT molecular complexity index is 392. The number of hydrogen-bond donors (Lipinski definition) is 1. The minimum atomic E-state index is -1.05. The van der Waals surface area contributed by atoms with Gasteiger partial charge in [-0.15, -0.1) is 3.95 Å². The van der Waals surface area contributed by atoms with Crippen molar-refractivity contribution < 1.29 is 8.50 Å². The first-order valence-electron chi connectivity index (χ1n) is 3.76. The van der Waals surface area contributed by atoms with Gasteiger partial charge in [0.05, 0.1) is 0 Å².